The molecule has 0 aliphatic heterocycles. The quantitative estimate of drug-likeness (QED) is 0.247. The van der Waals surface area contributed by atoms with Gasteiger partial charge in [-0.3, -0.25) is 19.2 Å². The lowest BCUT2D eigenvalue weighted by atomic mass is 10.2. The molecule has 0 spiro atoms. The fourth-order valence-electron chi connectivity index (χ4n) is 2.99. The molecule has 182 valence electrons. The van der Waals surface area contributed by atoms with E-state index in [0.29, 0.717) is 5.56 Å². The van der Waals surface area contributed by atoms with Crippen LogP contribution in [0.5, 0.6) is 5.75 Å². The average Bonchev–Trinajstić information content (AvgIpc) is 2.82. The number of anilines is 1. The highest BCUT2D eigenvalue weighted by molar-refractivity contribution is 7.92. The maximum atomic E-state index is 13.3. The second kappa shape index (κ2) is 11.2. The van der Waals surface area contributed by atoms with Gasteiger partial charge >= 0.3 is 5.69 Å². The lowest BCUT2D eigenvalue weighted by molar-refractivity contribution is -0.385. The maximum absolute atomic E-state index is 13.3. The largest absolute Gasteiger partial charge is 0.490 e. The van der Waals surface area contributed by atoms with Crippen molar-refractivity contribution in [3.8, 4) is 5.75 Å². The van der Waals surface area contributed by atoms with Crippen molar-refractivity contribution in [1.82, 2.24) is 5.43 Å². The van der Waals surface area contributed by atoms with Crippen LogP contribution in [0.2, 0.25) is 10.0 Å². The van der Waals surface area contributed by atoms with E-state index in [1.54, 1.807) is 18.2 Å². The van der Waals surface area contributed by atoms with Gasteiger partial charge in [0, 0.05) is 21.7 Å². The molecule has 3 rings (SSSR count). The van der Waals surface area contributed by atoms with Crippen molar-refractivity contribution in [2.75, 3.05) is 18.0 Å². The second-order valence-corrected chi connectivity index (χ2v) is 9.67. The Morgan fingerprint density at radius 2 is 1.77 bits per heavy atom. The number of carbonyl (C=O) groups excluding carboxylic acids is 1. The molecule has 13 heteroatoms. The Morgan fingerprint density at radius 3 is 2.37 bits per heavy atom. The fourth-order valence-corrected chi connectivity index (χ4v) is 4.93. The van der Waals surface area contributed by atoms with E-state index < -0.39 is 27.4 Å². The molecule has 35 heavy (non-hydrogen) atoms. The van der Waals surface area contributed by atoms with Crippen molar-refractivity contribution in [3.05, 3.63) is 92.5 Å². The Morgan fingerprint density at radius 1 is 1.11 bits per heavy atom. The van der Waals surface area contributed by atoms with Crippen LogP contribution < -0.4 is 14.5 Å². The summed E-state index contributed by atoms with van der Waals surface area (Å²) >= 11 is 12.1. The fraction of sp³-hybridized carbons (Fsp3) is 0.0909. The van der Waals surface area contributed by atoms with Gasteiger partial charge in [0.2, 0.25) is 0 Å². The average molecular weight is 537 g/mol. The molecule has 3 aromatic rings. The summed E-state index contributed by atoms with van der Waals surface area (Å²) < 4.78 is 32.4. The van der Waals surface area contributed by atoms with Crippen molar-refractivity contribution in [3.63, 3.8) is 0 Å². The summed E-state index contributed by atoms with van der Waals surface area (Å²) in [6.45, 7) is -0.645. The first kappa shape index (κ1) is 25.9. The van der Waals surface area contributed by atoms with Crippen molar-refractivity contribution >= 4 is 56.7 Å². The molecule has 0 aliphatic rings. The number of nitrogens with one attached hydrogen (secondary N) is 1. The number of carbonyl (C=O) groups is 1. The molecule has 0 unspecified atom stereocenters. The second-order valence-electron chi connectivity index (χ2n) is 6.93. The first-order chi connectivity index (χ1) is 16.6. The summed E-state index contributed by atoms with van der Waals surface area (Å²) in [6.07, 6.45) is 1.18. The van der Waals surface area contributed by atoms with Crippen LogP contribution in [-0.4, -0.2) is 39.1 Å². The van der Waals surface area contributed by atoms with Crippen LogP contribution in [0.25, 0.3) is 0 Å². The number of sulfonamides is 1. The number of nitro groups is 1. The topological polar surface area (TPSA) is 131 Å². The first-order valence-electron chi connectivity index (χ1n) is 9.80. The van der Waals surface area contributed by atoms with Crippen LogP contribution in [0.4, 0.5) is 11.4 Å². The van der Waals surface area contributed by atoms with Crippen LogP contribution in [0.3, 0.4) is 0 Å². The van der Waals surface area contributed by atoms with E-state index in [1.807, 2.05) is 0 Å². The Hall–Kier alpha value is -3.67. The summed E-state index contributed by atoms with van der Waals surface area (Å²) in [6, 6.07) is 15.8. The van der Waals surface area contributed by atoms with Crippen LogP contribution in [0.15, 0.2) is 76.7 Å². The zero-order valence-electron chi connectivity index (χ0n) is 18.1. The number of benzene rings is 3. The third-order valence-corrected chi connectivity index (χ3v) is 6.78. The summed E-state index contributed by atoms with van der Waals surface area (Å²) in [4.78, 5) is 23.1. The van der Waals surface area contributed by atoms with Crippen molar-refractivity contribution < 1.29 is 22.9 Å². The van der Waals surface area contributed by atoms with Gasteiger partial charge in [-0.05, 0) is 42.5 Å². The van der Waals surface area contributed by atoms with E-state index in [9.17, 15) is 23.3 Å². The summed E-state index contributed by atoms with van der Waals surface area (Å²) in [7, 11) is -2.86. The van der Waals surface area contributed by atoms with E-state index in [2.05, 4.69) is 10.5 Å². The third kappa shape index (κ3) is 6.47. The van der Waals surface area contributed by atoms with Crippen molar-refractivity contribution in [2.24, 2.45) is 5.10 Å². The highest BCUT2D eigenvalue weighted by Gasteiger charge is 2.27. The Kier molecular flexibility index (Phi) is 8.28. The van der Waals surface area contributed by atoms with E-state index in [-0.39, 0.29) is 32.1 Å². The van der Waals surface area contributed by atoms with Gasteiger partial charge in [-0.1, -0.05) is 41.4 Å². The van der Waals surface area contributed by atoms with Gasteiger partial charge in [0.05, 0.1) is 28.8 Å². The number of rotatable bonds is 9. The number of nitro benzene ring substituents is 1. The van der Waals surface area contributed by atoms with Crippen molar-refractivity contribution in [2.45, 2.75) is 4.90 Å². The Balaban J connectivity index is 1.85. The maximum Gasteiger partial charge on any atom is 0.311 e. The van der Waals surface area contributed by atoms with E-state index in [1.165, 1.54) is 61.9 Å². The number of methoxy groups -OCH3 is 1. The number of halogens is 2. The third-order valence-electron chi connectivity index (χ3n) is 4.56. The molecule has 0 aliphatic carbocycles. The first-order valence-corrected chi connectivity index (χ1v) is 12.0. The van der Waals surface area contributed by atoms with Crippen molar-refractivity contribution in [1.29, 1.82) is 0 Å². The van der Waals surface area contributed by atoms with Gasteiger partial charge in [0.15, 0.2) is 5.75 Å². The summed E-state index contributed by atoms with van der Waals surface area (Å²) in [5.74, 6) is -0.710. The monoisotopic (exact) mass is 536 g/mol. The molecular weight excluding hydrogens is 519 g/mol. The molecule has 0 saturated carbocycles. The SMILES string of the molecule is COc1ccc(/C=N\NC(=O)CN(c2cc(Cl)cc(Cl)c2)S(=O)(=O)c2ccccc2)cc1[N+](=O)[O-]. The van der Waals surface area contributed by atoms with Gasteiger partial charge in [-0.15, -0.1) is 0 Å². The van der Waals surface area contributed by atoms with Crippen LogP contribution in [0.1, 0.15) is 5.56 Å². The van der Waals surface area contributed by atoms with E-state index >= 15 is 0 Å². The Labute approximate surface area is 210 Å². The smallest absolute Gasteiger partial charge is 0.311 e. The predicted octanol–water partition coefficient (Wildman–Crippen LogP) is 4.26. The number of nitrogens with zero attached hydrogens (tertiary/aromatic N) is 3. The molecule has 0 heterocycles. The summed E-state index contributed by atoms with van der Waals surface area (Å²) in [5.41, 5.74) is 2.33. The number of hydrazone groups is 1. The number of ether oxygens (including phenoxy) is 1. The number of hydrogen-bond acceptors (Lipinski definition) is 7. The van der Waals surface area contributed by atoms with Gasteiger partial charge < -0.3 is 4.74 Å². The highest BCUT2D eigenvalue weighted by Crippen LogP contribution is 2.30. The summed E-state index contributed by atoms with van der Waals surface area (Å²) in [5, 5.41) is 15.3. The van der Waals surface area contributed by atoms with Gasteiger partial charge in [-0.2, -0.15) is 5.10 Å². The lowest BCUT2D eigenvalue weighted by Gasteiger charge is -2.24. The number of amides is 1. The molecule has 0 fully saturated rings. The highest BCUT2D eigenvalue weighted by atomic mass is 35.5. The zero-order valence-corrected chi connectivity index (χ0v) is 20.4. The number of hydrogen-bond donors (Lipinski definition) is 1. The van der Waals surface area contributed by atoms with Crippen LogP contribution in [-0.2, 0) is 14.8 Å². The Bertz CT molecular complexity index is 1360. The van der Waals surface area contributed by atoms with Crippen LogP contribution >= 0.6 is 23.2 Å². The molecule has 3 aromatic carbocycles. The predicted molar refractivity (Wildman–Crippen MR) is 133 cm³/mol. The van der Waals surface area contributed by atoms with E-state index in [0.717, 1.165) is 4.31 Å². The van der Waals surface area contributed by atoms with Gasteiger partial charge in [-0.25, -0.2) is 13.8 Å². The lowest BCUT2D eigenvalue weighted by Crippen LogP contribution is -2.39. The van der Waals surface area contributed by atoms with Crippen LogP contribution in [0, 0.1) is 10.1 Å². The minimum atomic E-state index is -4.17. The molecular formula is C22H18Cl2N4O6S. The minimum absolute atomic E-state index is 0.0436. The molecule has 1 N–H and O–H groups in total. The zero-order chi connectivity index (χ0) is 25.6. The van der Waals surface area contributed by atoms with E-state index in [4.69, 9.17) is 27.9 Å². The van der Waals surface area contributed by atoms with Gasteiger partial charge in [0.1, 0.15) is 6.54 Å². The molecule has 0 aromatic heterocycles. The molecule has 1 amide bonds. The molecule has 0 radical (unpaired) electrons. The van der Waals surface area contributed by atoms with Gasteiger partial charge in [0.25, 0.3) is 15.9 Å². The molecule has 10 nitrogen and oxygen atoms in total. The normalized spacial score (nSPS) is 11.3. The molecule has 0 saturated heterocycles. The minimum Gasteiger partial charge on any atom is -0.490 e. The molecule has 0 bridgehead atoms. The standard InChI is InChI=1S/C22H18Cl2N4O6S/c1-34-21-8-7-15(9-20(21)28(30)31)13-25-26-22(29)14-27(18-11-16(23)10-17(24)12-18)35(32,33)19-5-3-2-4-6-19/h2-13H,14H2,1H3,(H,26,29)/b25-13-. The molecule has 0 atom stereocenters.